The van der Waals surface area contributed by atoms with E-state index >= 15 is 0 Å². The predicted molar refractivity (Wildman–Crippen MR) is 74.5 cm³/mol. The highest BCUT2D eigenvalue weighted by atomic mass is 32.2. The van der Waals surface area contributed by atoms with E-state index in [1.54, 1.807) is 14.0 Å². The van der Waals surface area contributed by atoms with E-state index < -0.39 is 10.0 Å². The molecule has 0 atom stereocenters. The highest BCUT2D eigenvalue weighted by Crippen LogP contribution is 2.24. The highest BCUT2D eigenvalue weighted by molar-refractivity contribution is 7.89. The normalized spacial score (nSPS) is 18.4. The van der Waals surface area contributed by atoms with Crippen molar-refractivity contribution in [2.24, 2.45) is 5.92 Å². The van der Waals surface area contributed by atoms with Crippen LogP contribution in [0.2, 0.25) is 0 Å². The number of halogens is 1. The number of hydrogen-bond acceptors (Lipinski definition) is 3. The first kappa shape index (κ1) is 15.4. The zero-order valence-corrected chi connectivity index (χ0v) is 12.6. The maximum Gasteiger partial charge on any atom is 0.243 e. The van der Waals surface area contributed by atoms with E-state index in [0.29, 0.717) is 31.2 Å². The molecule has 1 aromatic carbocycles. The van der Waals surface area contributed by atoms with Gasteiger partial charge in [0.15, 0.2) is 0 Å². The van der Waals surface area contributed by atoms with Gasteiger partial charge in [-0.3, -0.25) is 0 Å². The second-order valence-corrected chi connectivity index (χ2v) is 7.15. The molecule has 1 fully saturated rings. The maximum atomic E-state index is 13.2. The van der Waals surface area contributed by atoms with Crippen LogP contribution in [0, 0.1) is 18.7 Å². The Kier molecular flexibility index (Phi) is 4.78. The third-order valence-corrected chi connectivity index (χ3v) is 5.64. The first-order chi connectivity index (χ1) is 9.45. The molecule has 20 heavy (non-hydrogen) atoms. The van der Waals surface area contributed by atoms with Crippen LogP contribution in [0.15, 0.2) is 23.1 Å². The molecule has 0 aliphatic carbocycles. The van der Waals surface area contributed by atoms with Gasteiger partial charge in [0.1, 0.15) is 5.82 Å². The minimum absolute atomic E-state index is 0.168. The lowest BCUT2D eigenvalue weighted by Gasteiger charge is -2.30. The second-order valence-electron chi connectivity index (χ2n) is 5.21. The van der Waals surface area contributed by atoms with Gasteiger partial charge in [-0.1, -0.05) is 0 Å². The van der Waals surface area contributed by atoms with E-state index in [0.717, 1.165) is 12.8 Å². The molecule has 112 valence electrons. The molecule has 0 saturated carbocycles. The summed E-state index contributed by atoms with van der Waals surface area (Å²) in [4.78, 5) is 0.168. The molecule has 1 heterocycles. The standard InChI is InChI=1S/C14H20FNO3S/c1-11-9-13(3-4-14(11)15)20(17,18)16-7-5-12(6-8-16)10-19-2/h3-4,9,12H,5-8,10H2,1-2H3. The van der Waals surface area contributed by atoms with Crippen LogP contribution in [-0.2, 0) is 14.8 Å². The van der Waals surface area contributed by atoms with Crippen molar-refractivity contribution >= 4 is 10.0 Å². The minimum Gasteiger partial charge on any atom is -0.384 e. The zero-order valence-electron chi connectivity index (χ0n) is 11.8. The molecule has 0 N–H and O–H groups in total. The number of aryl methyl sites for hydroxylation is 1. The van der Waals surface area contributed by atoms with E-state index in [2.05, 4.69) is 0 Å². The number of rotatable bonds is 4. The minimum atomic E-state index is -3.51. The molecule has 4 nitrogen and oxygen atoms in total. The van der Waals surface area contributed by atoms with Crippen LogP contribution < -0.4 is 0 Å². The molecule has 0 radical (unpaired) electrons. The zero-order chi connectivity index (χ0) is 14.8. The molecule has 0 spiro atoms. The van der Waals surface area contributed by atoms with Gasteiger partial charge in [0, 0.05) is 26.8 Å². The molecule has 1 aliphatic rings. The topological polar surface area (TPSA) is 46.6 Å². The summed E-state index contributed by atoms with van der Waals surface area (Å²) >= 11 is 0. The Bertz CT molecular complexity index is 566. The van der Waals surface area contributed by atoms with Crippen LogP contribution in [0.25, 0.3) is 0 Å². The summed E-state index contributed by atoms with van der Waals surface area (Å²) in [7, 11) is -1.86. The predicted octanol–water partition coefficient (Wildman–Crippen LogP) is 2.18. The smallest absolute Gasteiger partial charge is 0.243 e. The average molecular weight is 301 g/mol. The van der Waals surface area contributed by atoms with Crippen molar-refractivity contribution in [3.05, 3.63) is 29.6 Å². The van der Waals surface area contributed by atoms with E-state index in [-0.39, 0.29) is 10.7 Å². The molecule has 0 bridgehead atoms. The van der Waals surface area contributed by atoms with Gasteiger partial charge in [-0.15, -0.1) is 0 Å². The van der Waals surface area contributed by atoms with Crippen LogP contribution in [0.3, 0.4) is 0 Å². The van der Waals surface area contributed by atoms with Gasteiger partial charge in [-0.2, -0.15) is 4.31 Å². The molecule has 1 aromatic rings. The Labute approximate surface area is 119 Å². The van der Waals surface area contributed by atoms with E-state index in [4.69, 9.17) is 4.74 Å². The third kappa shape index (κ3) is 3.19. The number of nitrogens with zero attached hydrogens (tertiary/aromatic N) is 1. The molecular weight excluding hydrogens is 281 g/mol. The van der Waals surface area contributed by atoms with Crippen molar-refractivity contribution in [1.82, 2.24) is 4.31 Å². The van der Waals surface area contributed by atoms with Crippen LogP contribution >= 0.6 is 0 Å². The molecule has 1 aliphatic heterocycles. The lowest BCUT2D eigenvalue weighted by Crippen LogP contribution is -2.39. The molecule has 0 aromatic heterocycles. The second kappa shape index (κ2) is 6.20. The van der Waals surface area contributed by atoms with Crippen LogP contribution in [-0.4, -0.2) is 39.5 Å². The number of benzene rings is 1. The SMILES string of the molecule is COCC1CCN(S(=O)(=O)c2ccc(F)c(C)c2)CC1. The fourth-order valence-electron chi connectivity index (χ4n) is 2.48. The summed E-state index contributed by atoms with van der Waals surface area (Å²) < 4.78 is 44.8. The number of sulfonamides is 1. The average Bonchev–Trinajstić information content (AvgIpc) is 2.43. The summed E-state index contributed by atoms with van der Waals surface area (Å²) in [6.45, 7) is 3.22. The van der Waals surface area contributed by atoms with Gasteiger partial charge >= 0.3 is 0 Å². The van der Waals surface area contributed by atoms with Gasteiger partial charge in [-0.05, 0) is 49.4 Å². The molecule has 6 heteroatoms. The lowest BCUT2D eigenvalue weighted by molar-refractivity contribution is 0.121. The number of hydrogen-bond donors (Lipinski definition) is 0. The highest BCUT2D eigenvalue weighted by Gasteiger charge is 2.29. The van der Waals surface area contributed by atoms with Gasteiger partial charge in [0.05, 0.1) is 4.90 Å². The van der Waals surface area contributed by atoms with Crippen molar-refractivity contribution in [3.63, 3.8) is 0 Å². The lowest BCUT2D eigenvalue weighted by atomic mass is 9.99. The number of piperidine rings is 1. The Morgan fingerprint density at radius 1 is 1.35 bits per heavy atom. The summed E-state index contributed by atoms with van der Waals surface area (Å²) in [5.41, 5.74) is 0.348. The van der Waals surface area contributed by atoms with Crippen molar-refractivity contribution in [2.75, 3.05) is 26.8 Å². The first-order valence-corrected chi connectivity index (χ1v) is 8.14. The Morgan fingerprint density at radius 3 is 2.55 bits per heavy atom. The summed E-state index contributed by atoms with van der Waals surface area (Å²) in [6.07, 6.45) is 1.60. The fraction of sp³-hybridized carbons (Fsp3) is 0.571. The van der Waals surface area contributed by atoms with Gasteiger partial charge < -0.3 is 4.74 Å². The van der Waals surface area contributed by atoms with E-state index in [9.17, 15) is 12.8 Å². The van der Waals surface area contributed by atoms with Crippen molar-refractivity contribution < 1.29 is 17.5 Å². The van der Waals surface area contributed by atoms with Crippen molar-refractivity contribution in [2.45, 2.75) is 24.7 Å². The van der Waals surface area contributed by atoms with Gasteiger partial charge in [0.25, 0.3) is 0 Å². The Balaban J connectivity index is 2.13. The van der Waals surface area contributed by atoms with Crippen LogP contribution in [0.4, 0.5) is 4.39 Å². The molecule has 0 unspecified atom stereocenters. The van der Waals surface area contributed by atoms with Crippen LogP contribution in [0.1, 0.15) is 18.4 Å². The summed E-state index contributed by atoms with van der Waals surface area (Å²) in [6, 6.07) is 3.94. The summed E-state index contributed by atoms with van der Waals surface area (Å²) in [5, 5.41) is 0. The Morgan fingerprint density at radius 2 is 2.00 bits per heavy atom. The van der Waals surface area contributed by atoms with E-state index in [1.165, 1.54) is 22.5 Å². The number of methoxy groups -OCH3 is 1. The number of ether oxygens (including phenoxy) is 1. The monoisotopic (exact) mass is 301 g/mol. The first-order valence-electron chi connectivity index (χ1n) is 6.70. The molecule has 0 amide bonds. The molecule has 1 saturated heterocycles. The largest absolute Gasteiger partial charge is 0.384 e. The van der Waals surface area contributed by atoms with Crippen molar-refractivity contribution in [3.8, 4) is 0 Å². The summed E-state index contributed by atoms with van der Waals surface area (Å²) in [5.74, 6) is 0.0316. The molecular formula is C14H20FNO3S. The maximum absolute atomic E-state index is 13.2. The van der Waals surface area contributed by atoms with E-state index in [1.807, 2.05) is 0 Å². The van der Waals surface area contributed by atoms with Crippen molar-refractivity contribution in [1.29, 1.82) is 0 Å². The molecule has 2 rings (SSSR count). The fourth-order valence-corrected chi connectivity index (χ4v) is 4.03. The van der Waals surface area contributed by atoms with Gasteiger partial charge in [0.2, 0.25) is 10.0 Å². The van der Waals surface area contributed by atoms with Crippen LogP contribution in [0.5, 0.6) is 0 Å². The third-order valence-electron chi connectivity index (χ3n) is 3.74. The quantitative estimate of drug-likeness (QED) is 0.856. The Hall–Kier alpha value is -0.980. The van der Waals surface area contributed by atoms with Gasteiger partial charge in [-0.25, -0.2) is 12.8 Å².